The van der Waals surface area contributed by atoms with E-state index in [0.717, 1.165) is 24.8 Å². The van der Waals surface area contributed by atoms with Crippen LogP contribution in [-0.4, -0.2) is 36.1 Å². The van der Waals surface area contributed by atoms with Crippen LogP contribution >= 0.6 is 0 Å². The predicted molar refractivity (Wildman–Crippen MR) is 134 cm³/mol. The first-order chi connectivity index (χ1) is 15.9. The molecule has 0 bridgehead atoms. The molecule has 1 aromatic rings. The molecule has 0 heterocycles. The highest BCUT2D eigenvalue weighted by Crippen LogP contribution is 2.38. The van der Waals surface area contributed by atoms with E-state index in [9.17, 15) is 14.4 Å². The highest BCUT2D eigenvalue weighted by Gasteiger charge is 2.35. The van der Waals surface area contributed by atoms with Crippen LogP contribution in [0, 0.1) is 23.7 Å². The summed E-state index contributed by atoms with van der Waals surface area (Å²) in [5.74, 6) is 1.06. The molecule has 1 fully saturated rings. The molecule has 0 radical (unpaired) electrons. The minimum absolute atomic E-state index is 0.0105. The molecule has 34 heavy (non-hydrogen) atoms. The molecular formula is C27H43N3O4. The van der Waals surface area contributed by atoms with E-state index < -0.39 is 23.8 Å². The largest absolute Gasteiger partial charge is 0.444 e. The van der Waals surface area contributed by atoms with Gasteiger partial charge in [-0.1, -0.05) is 57.5 Å². The van der Waals surface area contributed by atoms with Gasteiger partial charge in [-0.3, -0.25) is 9.59 Å². The van der Waals surface area contributed by atoms with Crippen molar-refractivity contribution < 1.29 is 19.1 Å². The molecule has 0 saturated heterocycles. The third-order valence-electron chi connectivity index (χ3n) is 6.48. The second-order valence-corrected chi connectivity index (χ2v) is 11.0. The van der Waals surface area contributed by atoms with E-state index in [0.29, 0.717) is 17.8 Å². The third kappa shape index (κ3) is 8.65. The first kappa shape index (κ1) is 27.7. The van der Waals surface area contributed by atoms with Gasteiger partial charge in [0.15, 0.2) is 0 Å². The van der Waals surface area contributed by atoms with E-state index in [4.69, 9.17) is 4.74 Å². The van der Waals surface area contributed by atoms with Gasteiger partial charge in [0.2, 0.25) is 11.8 Å². The molecule has 1 aliphatic rings. The summed E-state index contributed by atoms with van der Waals surface area (Å²) in [6.07, 6.45) is 2.49. The highest BCUT2D eigenvalue weighted by atomic mass is 16.6. The molecule has 0 unspecified atom stereocenters. The molecule has 3 amide bonds. The second-order valence-electron chi connectivity index (χ2n) is 11.0. The molecule has 5 atom stereocenters. The van der Waals surface area contributed by atoms with Gasteiger partial charge in [-0.25, -0.2) is 4.79 Å². The van der Waals surface area contributed by atoms with Gasteiger partial charge in [-0.15, -0.1) is 0 Å². The maximum atomic E-state index is 13.2. The molecule has 1 aliphatic carbocycles. The van der Waals surface area contributed by atoms with Gasteiger partial charge < -0.3 is 20.7 Å². The van der Waals surface area contributed by atoms with Crippen LogP contribution in [0.1, 0.15) is 79.3 Å². The fourth-order valence-corrected chi connectivity index (χ4v) is 4.62. The number of ether oxygens (including phenoxy) is 1. The second kappa shape index (κ2) is 12.2. The van der Waals surface area contributed by atoms with Crippen LogP contribution in [0.15, 0.2) is 30.3 Å². The summed E-state index contributed by atoms with van der Waals surface area (Å²) >= 11 is 0. The quantitative estimate of drug-likeness (QED) is 0.515. The van der Waals surface area contributed by atoms with Crippen LogP contribution < -0.4 is 16.0 Å². The van der Waals surface area contributed by atoms with Crippen LogP contribution in [0.4, 0.5) is 4.79 Å². The Labute approximate surface area is 204 Å². The zero-order valence-corrected chi connectivity index (χ0v) is 21.8. The van der Waals surface area contributed by atoms with Crippen molar-refractivity contribution in [3.8, 4) is 0 Å². The Balaban J connectivity index is 2.05. The number of carbonyl (C=O) groups excluding carboxylic acids is 3. The van der Waals surface area contributed by atoms with Crippen molar-refractivity contribution >= 4 is 17.9 Å². The Kier molecular flexibility index (Phi) is 9.95. The lowest BCUT2D eigenvalue weighted by Crippen LogP contribution is -2.49. The minimum Gasteiger partial charge on any atom is -0.444 e. The molecule has 0 aliphatic heterocycles. The molecule has 1 aromatic carbocycles. The molecule has 2 rings (SSSR count). The number of carbonyl (C=O) groups is 3. The van der Waals surface area contributed by atoms with Crippen molar-refractivity contribution in [3.63, 3.8) is 0 Å². The first-order valence-corrected chi connectivity index (χ1v) is 12.5. The van der Waals surface area contributed by atoms with E-state index in [1.807, 2.05) is 30.3 Å². The lowest BCUT2D eigenvalue weighted by Gasteiger charge is -2.36. The number of amides is 3. The van der Waals surface area contributed by atoms with Crippen LogP contribution in [0.5, 0.6) is 0 Å². The normalized spacial score (nSPS) is 22.4. The summed E-state index contributed by atoms with van der Waals surface area (Å²) in [5.41, 5.74) is 0.236. The van der Waals surface area contributed by atoms with E-state index in [1.54, 1.807) is 27.7 Å². The molecule has 190 valence electrons. The SMILES string of the molecule is CC(C)[C@@H]1CC[C@@H](C)C[C@H]1C(=O)NC[C@@H](NC(=O)[C@H](C)NC(=O)OC(C)(C)C)c1ccccc1. The van der Waals surface area contributed by atoms with Gasteiger partial charge in [0.25, 0.3) is 0 Å². The molecule has 1 saturated carbocycles. The topological polar surface area (TPSA) is 96.5 Å². The summed E-state index contributed by atoms with van der Waals surface area (Å²) in [6.45, 7) is 13.8. The zero-order chi connectivity index (χ0) is 25.5. The lowest BCUT2D eigenvalue weighted by molar-refractivity contribution is -0.130. The molecule has 3 N–H and O–H groups in total. The summed E-state index contributed by atoms with van der Waals surface area (Å²) < 4.78 is 5.25. The van der Waals surface area contributed by atoms with Gasteiger partial charge in [0, 0.05) is 12.5 Å². The van der Waals surface area contributed by atoms with Gasteiger partial charge in [-0.05, 0) is 63.9 Å². The Morgan fingerprint density at radius 3 is 2.26 bits per heavy atom. The fourth-order valence-electron chi connectivity index (χ4n) is 4.62. The van der Waals surface area contributed by atoms with Gasteiger partial charge in [-0.2, -0.15) is 0 Å². The van der Waals surface area contributed by atoms with Crippen molar-refractivity contribution in [2.45, 2.75) is 85.4 Å². The summed E-state index contributed by atoms with van der Waals surface area (Å²) in [6, 6.07) is 8.34. The van der Waals surface area contributed by atoms with E-state index in [-0.39, 0.29) is 24.3 Å². The van der Waals surface area contributed by atoms with Crippen molar-refractivity contribution in [1.82, 2.24) is 16.0 Å². The summed E-state index contributed by atoms with van der Waals surface area (Å²) in [4.78, 5) is 38.1. The van der Waals surface area contributed by atoms with E-state index in [2.05, 4.69) is 36.7 Å². The highest BCUT2D eigenvalue weighted by molar-refractivity contribution is 5.85. The summed E-state index contributed by atoms with van der Waals surface area (Å²) in [7, 11) is 0. The lowest BCUT2D eigenvalue weighted by atomic mass is 9.70. The first-order valence-electron chi connectivity index (χ1n) is 12.5. The monoisotopic (exact) mass is 473 g/mol. The number of hydrogen-bond acceptors (Lipinski definition) is 4. The number of rotatable bonds is 8. The van der Waals surface area contributed by atoms with Gasteiger partial charge in [0.05, 0.1) is 6.04 Å². The Morgan fingerprint density at radius 1 is 1.03 bits per heavy atom. The zero-order valence-electron chi connectivity index (χ0n) is 21.8. The smallest absolute Gasteiger partial charge is 0.408 e. The van der Waals surface area contributed by atoms with Crippen molar-refractivity contribution in [2.24, 2.45) is 23.7 Å². The molecule has 7 heteroatoms. The Morgan fingerprint density at radius 2 is 1.68 bits per heavy atom. The van der Waals surface area contributed by atoms with Crippen LogP contribution in [0.25, 0.3) is 0 Å². The molecule has 7 nitrogen and oxygen atoms in total. The van der Waals surface area contributed by atoms with Crippen LogP contribution in [0.3, 0.4) is 0 Å². The number of nitrogens with one attached hydrogen (secondary N) is 3. The minimum atomic E-state index is -0.790. The van der Waals surface area contributed by atoms with E-state index >= 15 is 0 Å². The van der Waals surface area contributed by atoms with Crippen molar-refractivity contribution in [1.29, 1.82) is 0 Å². The standard InChI is InChI=1S/C27H43N3O4/c1-17(2)21-14-13-18(3)15-22(21)25(32)28-16-23(20-11-9-8-10-12-20)30-24(31)19(4)29-26(33)34-27(5,6)7/h8-12,17-19,21-23H,13-16H2,1-7H3,(H,28,32)(H,29,33)(H,30,31)/t18-,19+,21+,22-,23-/m1/s1. The fraction of sp³-hybridized carbons (Fsp3) is 0.667. The van der Waals surface area contributed by atoms with Crippen LogP contribution in [0.2, 0.25) is 0 Å². The maximum absolute atomic E-state index is 13.2. The Hall–Kier alpha value is -2.57. The number of alkyl carbamates (subject to hydrolysis) is 1. The maximum Gasteiger partial charge on any atom is 0.408 e. The molecule has 0 spiro atoms. The predicted octanol–water partition coefficient (Wildman–Crippen LogP) is 4.58. The van der Waals surface area contributed by atoms with Crippen molar-refractivity contribution in [3.05, 3.63) is 35.9 Å². The molecular weight excluding hydrogens is 430 g/mol. The number of hydrogen-bond donors (Lipinski definition) is 3. The average molecular weight is 474 g/mol. The van der Waals surface area contributed by atoms with Gasteiger partial charge in [0.1, 0.15) is 11.6 Å². The van der Waals surface area contributed by atoms with Crippen molar-refractivity contribution in [2.75, 3.05) is 6.54 Å². The number of benzene rings is 1. The van der Waals surface area contributed by atoms with Crippen LogP contribution in [-0.2, 0) is 14.3 Å². The van der Waals surface area contributed by atoms with E-state index in [1.165, 1.54) is 0 Å². The summed E-state index contributed by atoms with van der Waals surface area (Å²) in [5, 5.41) is 8.66. The third-order valence-corrected chi connectivity index (χ3v) is 6.48. The Bertz CT molecular complexity index is 819. The van der Waals surface area contributed by atoms with Gasteiger partial charge >= 0.3 is 6.09 Å². The molecule has 0 aromatic heterocycles. The average Bonchev–Trinajstić information content (AvgIpc) is 2.75.